The van der Waals surface area contributed by atoms with E-state index in [2.05, 4.69) is 0 Å². The molecule has 0 saturated carbocycles. The van der Waals surface area contributed by atoms with Gasteiger partial charge in [0.25, 0.3) is 0 Å². The number of hydrogen-bond acceptors (Lipinski definition) is 3. The molecular weight excluding hydrogens is 267 g/mol. The van der Waals surface area contributed by atoms with E-state index in [1.54, 1.807) is 0 Å². The van der Waals surface area contributed by atoms with Crippen molar-refractivity contribution in [3.8, 4) is 0 Å². The first-order valence-electron chi connectivity index (χ1n) is 2.73. The molecule has 0 bridgehead atoms. The first kappa shape index (κ1) is 10.6. The van der Waals surface area contributed by atoms with Crippen molar-refractivity contribution in [1.29, 1.82) is 0 Å². The van der Waals surface area contributed by atoms with Gasteiger partial charge in [-0.3, -0.25) is 4.79 Å². The van der Waals surface area contributed by atoms with Gasteiger partial charge >= 0.3 is 11.9 Å². The molecule has 0 aromatic carbocycles. The summed E-state index contributed by atoms with van der Waals surface area (Å²) in [7, 11) is 0. The van der Waals surface area contributed by atoms with Crippen LogP contribution in [0.4, 0.5) is 0 Å². The number of carboxylic acids is 2. The predicted molar refractivity (Wildman–Crippen MR) is 43.5 cm³/mol. The molecule has 5 nitrogen and oxygen atoms in total. The van der Waals surface area contributed by atoms with Crippen molar-refractivity contribution >= 4 is 34.5 Å². The van der Waals surface area contributed by atoms with Crippen molar-refractivity contribution in [2.45, 2.75) is 16.4 Å². The second-order valence-electron chi connectivity index (χ2n) is 1.96. The minimum Gasteiger partial charge on any atom is -0.481 e. The van der Waals surface area contributed by atoms with Gasteiger partial charge in [0.1, 0.15) is 0 Å². The number of carbonyl (C=O) groups is 2. The summed E-state index contributed by atoms with van der Waals surface area (Å²) < 4.78 is -1.96. The lowest BCUT2D eigenvalue weighted by atomic mass is 10.2. The number of aliphatic hydroxyl groups is 1. The summed E-state index contributed by atoms with van der Waals surface area (Å²) in [6, 6.07) is 0. The van der Waals surface area contributed by atoms with Crippen LogP contribution >= 0.6 is 22.6 Å². The van der Waals surface area contributed by atoms with Crippen LogP contribution in [0.2, 0.25) is 0 Å². The zero-order chi connectivity index (χ0) is 9.07. The smallest absolute Gasteiger partial charge is 0.346 e. The Bertz CT molecular complexity index is 176. The largest absolute Gasteiger partial charge is 0.481 e. The third-order valence-corrected chi connectivity index (χ3v) is 2.00. The van der Waals surface area contributed by atoms with E-state index in [9.17, 15) is 9.59 Å². The minimum absolute atomic E-state index is 0.293. The van der Waals surface area contributed by atoms with Gasteiger partial charge in [0, 0.05) is 12.8 Å². The molecule has 6 heteroatoms. The fourth-order valence-electron chi connectivity index (χ4n) is 0.380. The van der Waals surface area contributed by atoms with Gasteiger partial charge in [0.15, 0.2) is 0 Å². The molecule has 0 rings (SSSR count). The summed E-state index contributed by atoms with van der Waals surface area (Å²) >= 11 is 1.29. The van der Waals surface area contributed by atoms with Gasteiger partial charge in [0.2, 0.25) is 3.61 Å². The molecule has 3 N–H and O–H groups in total. The van der Waals surface area contributed by atoms with E-state index in [4.69, 9.17) is 15.3 Å². The Labute approximate surface area is 76.2 Å². The van der Waals surface area contributed by atoms with Crippen LogP contribution in [0.1, 0.15) is 12.8 Å². The molecule has 1 atom stereocenters. The monoisotopic (exact) mass is 274 g/mol. The molecule has 0 spiro atoms. The van der Waals surface area contributed by atoms with Crippen molar-refractivity contribution in [3.63, 3.8) is 0 Å². The highest BCUT2D eigenvalue weighted by Crippen LogP contribution is 2.21. The van der Waals surface area contributed by atoms with E-state index in [0.29, 0.717) is 0 Å². The van der Waals surface area contributed by atoms with Gasteiger partial charge in [-0.2, -0.15) is 0 Å². The van der Waals surface area contributed by atoms with Crippen molar-refractivity contribution in [2.75, 3.05) is 0 Å². The maximum atomic E-state index is 10.2. The zero-order valence-corrected chi connectivity index (χ0v) is 7.61. The Morgan fingerprint density at radius 3 is 2.09 bits per heavy atom. The summed E-state index contributed by atoms with van der Waals surface area (Å²) in [5.41, 5.74) is 0. The second-order valence-corrected chi connectivity index (χ2v) is 3.74. The highest BCUT2D eigenvalue weighted by atomic mass is 127. The van der Waals surface area contributed by atoms with Crippen LogP contribution in [0, 0.1) is 0 Å². The van der Waals surface area contributed by atoms with Gasteiger partial charge in [-0.1, -0.05) is 0 Å². The number of aliphatic carboxylic acids is 2. The summed E-state index contributed by atoms with van der Waals surface area (Å²) in [5, 5.41) is 25.4. The number of hydrogen-bond donors (Lipinski definition) is 3. The normalized spacial score (nSPS) is 15.5. The molecule has 0 aliphatic heterocycles. The zero-order valence-electron chi connectivity index (χ0n) is 5.45. The lowest BCUT2D eigenvalue weighted by Crippen LogP contribution is -2.31. The molecule has 0 radical (unpaired) electrons. The van der Waals surface area contributed by atoms with Crippen LogP contribution in [0.5, 0.6) is 0 Å². The first-order chi connectivity index (χ1) is 4.86. The molecule has 0 aliphatic rings. The standard InChI is InChI=1S/C5H7IO5/c6-5(11,4(9)10)2-1-3(7)8/h11H,1-2H2,(H,7,8)(H,9,10). The summed E-state index contributed by atoms with van der Waals surface area (Å²) in [5.74, 6) is -2.54. The highest BCUT2D eigenvalue weighted by Gasteiger charge is 2.32. The maximum absolute atomic E-state index is 10.2. The summed E-state index contributed by atoms with van der Waals surface area (Å²) in [4.78, 5) is 20.1. The van der Waals surface area contributed by atoms with Crippen LogP contribution in [-0.4, -0.2) is 30.9 Å². The van der Waals surface area contributed by atoms with Crippen LogP contribution < -0.4 is 0 Å². The lowest BCUT2D eigenvalue weighted by Gasteiger charge is -2.13. The second kappa shape index (κ2) is 3.86. The van der Waals surface area contributed by atoms with E-state index >= 15 is 0 Å². The Kier molecular flexibility index (Phi) is 3.73. The van der Waals surface area contributed by atoms with E-state index in [-0.39, 0.29) is 12.8 Å². The molecule has 0 amide bonds. The van der Waals surface area contributed by atoms with Gasteiger partial charge in [-0.05, 0) is 22.6 Å². The fraction of sp³-hybridized carbons (Fsp3) is 0.600. The van der Waals surface area contributed by atoms with Crippen molar-refractivity contribution in [2.24, 2.45) is 0 Å². The Hall–Kier alpha value is -0.370. The van der Waals surface area contributed by atoms with Crippen LogP contribution in [0.3, 0.4) is 0 Å². The molecule has 11 heavy (non-hydrogen) atoms. The molecule has 0 heterocycles. The van der Waals surface area contributed by atoms with Crippen molar-refractivity contribution in [1.82, 2.24) is 0 Å². The van der Waals surface area contributed by atoms with Gasteiger partial charge in [-0.15, -0.1) is 0 Å². The predicted octanol–water partition coefficient (Wildman–Crippen LogP) is 0.0594. The van der Waals surface area contributed by atoms with Crippen molar-refractivity contribution in [3.05, 3.63) is 0 Å². The third-order valence-electron chi connectivity index (χ3n) is 0.998. The molecule has 0 aromatic rings. The highest BCUT2D eigenvalue weighted by molar-refractivity contribution is 14.1. The Balaban J connectivity index is 3.92. The molecule has 0 saturated heterocycles. The first-order valence-corrected chi connectivity index (χ1v) is 3.80. The van der Waals surface area contributed by atoms with E-state index in [0.717, 1.165) is 0 Å². The minimum atomic E-state index is -1.96. The number of carboxylic acid groups (broad SMARTS) is 2. The van der Waals surface area contributed by atoms with Crippen LogP contribution in [0.25, 0.3) is 0 Å². The molecule has 0 aliphatic carbocycles. The molecule has 64 valence electrons. The Morgan fingerprint density at radius 1 is 1.36 bits per heavy atom. The number of rotatable bonds is 4. The van der Waals surface area contributed by atoms with E-state index in [1.165, 1.54) is 22.6 Å². The SMILES string of the molecule is O=C(O)CCC(O)(I)C(=O)O. The molecular formula is C5H7IO5. The third kappa shape index (κ3) is 4.14. The quantitative estimate of drug-likeness (QED) is 0.497. The molecule has 0 fully saturated rings. The fourth-order valence-corrected chi connectivity index (χ4v) is 0.649. The number of alkyl halides is 1. The Morgan fingerprint density at radius 2 is 1.82 bits per heavy atom. The van der Waals surface area contributed by atoms with Gasteiger partial charge < -0.3 is 15.3 Å². The van der Waals surface area contributed by atoms with Crippen LogP contribution in [0.15, 0.2) is 0 Å². The molecule has 1 unspecified atom stereocenters. The molecule has 0 aromatic heterocycles. The van der Waals surface area contributed by atoms with E-state index in [1.807, 2.05) is 0 Å². The average molecular weight is 274 g/mol. The topological polar surface area (TPSA) is 94.8 Å². The van der Waals surface area contributed by atoms with Gasteiger partial charge in [0.05, 0.1) is 0 Å². The van der Waals surface area contributed by atoms with Crippen LogP contribution in [-0.2, 0) is 9.59 Å². The maximum Gasteiger partial charge on any atom is 0.346 e. The lowest BCUT2D eigenvalue weighted by molar-refractivity contribution is -0.149. The van der Waals surface area contributed by atoms with Crippen molar-refractivity contribution < 1.29 is 24.9 Å². The summed E-state index contributed by atoms with van der Waals surface area (Å²) in [6.45, 7) is 0. The van der Waals surface area contributed by atoms with Gasteiger partial charge in [-0.25, -0.2) is 4.79 Å². The average Bonchev–Trinajstić information content (AvgIpc) is 1.84. The van der Waals surface area contributed by atoms with E-state index < -0.39 is 15.5 Å². The summed E-state index contributed by atoms with van der Waals surface area (Å²) in [6.07, 6.45) is -0.649. The number of halogens is 1.